The van der Waals surface area contributed by atoms with Crippen molar-refractivity contribution in [1.29, 1.82) is 0 Å². The zero-order valence-electron chi connectivity index (χ0n) is 81.0. The number of ether oxygens (including phenoxy) is 6. The topological polar surface area (TPSA) is 236 Å². The summed E-state index contributed by atoms with van der Waals surface area (Å²) in [4.78, 5) is 41.0. The fourth-order valence-electron chi connectivity index (χ4n) is 14.9. The second-order valence-corrected chi connectivity index (χ2v) is 41.4. The van der Waals surface area contributed by atoms with Crippen molar-refractivity contribution >= 4 is 42.0 Å². The minimum atomic E-state index is -4.55. The van der Waals surface area contributed by atoms with Gasteiger partial charge in [-0.3, -0.25) is 44.9 Å². The van der Waals surface area contributed by atoms with Gasteiger partial charge in [0.1, 0.15) is 0 Å². The molecule has 716 valence electrons. The van der Waals surface area contributed by atoms with Crippen molar-refractivity contribution in [2.24, 2.45) is 0 Å². The van der Waals surface area contributed by atoms with Crippen LogP contribution in [-0.2, 0) is 138 Å². The number of benzene rings is 6. The second-order valence-electron chi connectivity index (χ2n) is 33.0. The van der Waals surface area contributed by atoms with E-state index in [0.29, 0.717) is 97.8 Å². The summed E-state index contributed by atoms with van der Waals surface area (Å²) < 4.78 is 87.6. The van der Waals surface area contributed by atoms with Gasteiger partial charge in [-0.25, -0.2) is 0 Å². The minimum Gasteiger partial charge on any atom is -0.374 e. The fourth-order valence-corrected chi connectivity index (χ4v) is 26.3. The summed E-state index contributed by atoms with van der Waals surface area (Å²) in [5, 5.41) is 1.84. The maximum Gasteiger partial charge on any atom is 0.530 e. The van der Waals surface area contributed by atoms with Gasteiger partial charge in [0.2, 0.25) is 0 Å². The number of hydrogen-bond donors (Lipinski definition) is 0. The monoisotopic (exact) mass is 1940 g/mol. The Kier molecular flexibility index (Phi) is 38.5. The van der Waals surface area contributed by atoms with Crippen LogP contribution in [0.1, 0.15) is 188 Å². The molecule has 0 amide bonds. The summed E-state index contributed by atoms with van der Waals surface area (Å²) in [7, 11) is -8.24. The molecule has 0 bridgehead atoms. The Hall–Kier alpha value is -14.8. The van der Waals surface area contributed by atoms with Gasteiger partial charge in [-0.1, -0.05) is 172 Å². The largest absolute Gasteiger partial charge is 0.530 e. The van der Waals surface area contributed by atoms with Gasteiger partial charge in [0, 0.05) is 153 Å². The molecule has 15 rings (SSSR count). The van der Waals surface area contributed by atoms with Crippen molar-refractivity contribution in [2.45, 2.75) is 145 Å². The number of hydrogen-bond acceptors (Lipinski definition) is 22. The zero-order chi connectivity index (χ0) is 98.8. The number of pyridine rings is 9. The highest BCUT2D eigenvalue weighted by Crippen LogP contribution is 2.30. The highest BCUT2D eigenvalue weighted by Gasteiger charge is 2.62. The quantitative estimate of drug-likeness (QED) is 0.0255. The van der Waals surface area contributed by atoms with E-state index >= 15 is 0 Å². The predicted molar refractivity (Wildman–Crippen MR) is 554 cm³/mol. The fraction of sp³-hybridized carbons (Fsp3) is 0.212. The minimum absolute atomic E-state index is 0.257. The third kappa shape index (κ3) is 31.3. The van der Waals surface area contributed by atoms with Crippen LogP contribution in [0.4, 0.5) is 0 Å². The van der Waals surface area contributed by atoms with Crippen LogP contribution in [0.25, 0.3) is 0 Å². The van der Waals surface area contributed by atoms with Crippen LogP contribution in [0.3, 0.4) is 0 Å². The molecule has 0 spiro atoms. The van der Waals surface area contributed by atoms with Crippen LogP contribution in [0.2, 0.25) is 0 Å². The van der Waals surface area contributed by atoms with Crippen LogP contribution in [0, 0.1) is 71.0 Å². The molecule has 143 heavy (non-hydrogen) atoms. The first-order valence-electron chi connectivity index (χ1n) is 47.3. The molecule has 22 nitrogen and oxygen atoms in total. The summed E-state index contributed by atoms with van der Waals surface area (Å²) in [5.41, 5.74) is 18.5. The van der Waals surface area contributed by atoms with E-state index in [9.17, 15) is 0 Å². The van der Waals surface area contributed by atoms with E-state index in [0.717, 1.165) is 118 Å². The molecule has 0 saturated heterocycles. The van der Waals surface area contributed by atoms with Crippen molar-refractivity contribution in [2.75, 3.05) is 21.3 Å². The smallest absolute Gasteiger partial charge is 0.374 e. The van der Waals surface area contributed by atoms with Crippen molar-refractivity contribution in [3.05, 3.63) is 463 Å². The zero-order valence-corrected chi connectivity index (χ0v) is 84.0. The van der Waals surface area contributed by atoms with Gasteiger partial charge < -0.3 is 58.8 Å². The lowest BCUT2D eigenvalue weighted by Crippen LogP contribution is -2.74. The van der Waals surface area contributed by atoms with E-state index in [1.54, 1.807) is 58.5 Å². The molecule has 0 N–H and O–H groups in total. The van der Waals surface area contributed by atoms with Crippen LogP contribution < -0.4 is 15.6 Å². The lowest BCUT2D eigenvalue weighted by atomic mass is 10.1. The molecule has 0 radical (unpaired) electrons. The second kappa shape index (κ2) is 53.7. The SMILES string of the molecule is CCC(CC)O[Si](OC)(O[Si](OC)(O[Si](OC)(OC(CC)CC)c1ccc(C#Cc2ccc(C#Cc3cc(COCc4ccccn4)nc(COCc4ccccn4)c3)cc2)cc1)c1ccc(C#Cc2ccc(C#Cc3cc(COCc4ccccn4)nc(COCc4ccccn4)c3)cc2)cc1)c1ccc(C#Cc2ccc(C#Cc3cc(COCc4ccccn4)nc(COCc4ccccn4)c3)cc2)cc1. The van der Waals surface area contributed by atoms with Gasteiger partial charge in [0.05, 0.1) is 148 Å². The van der Waals surface area contributed by atoms with Gasteiger partial charge in [0.25, 0.3) is 0 Å². The Bertz CT molecular complexity index is 6530. The molecule has 0 aliphatic heterocycles. The van der Waals surface area contributed by atoms with Crippen molar-refractivity contribution in [1.82, 2.24) is 44.9 Å². The maximum absolute atomic E-state index is 7.87. The van der Waals surface area contributed by atoms with Crippen LogP contribution in [0.15, 0.2) is 328 Å². The molecule has 2 atom stereocenters. The van der Waals surface area contributed by atoms with Crippen molar-refractivity contribution in [3.8, 4) is 71.0 Å². The molecule has 9 aromatic heterocycles. The van der Waals surface area contributed by atoms with Gasteiger partial charge in [-0.05, 0) is 244 Å². The van der Waals surface area contributed by atoms with E-state index < -0.39 is 26.4 Å². The van der Waals surface area contributed by atoms with Crippen molar-refractivity contribution < 1.29 is 58.8 Å². The Labute approximate surface area is 840 Å². The van der Waals surface area contributed by atoms with Gasteiger partial charge in [-0.2, -0.15) is 0 Å². The summed E-state index contributed by atoms with van der Waals surface area (Å²) >= 11 is 0. The van der Waals surface area contributed by atoms with Crippen LogP contribution in [0.5, 0.6) is 0 Å². The maximum atomic E-state index is 7.87. The van der Waals surface area contributed by atoms with Crippen molar-refractivity contribution in [3.63, 3.8) is 0 Å². The third-order valence-corrected chi connectivity index (χ3v) is 32.8. The standard InChI is InChI=1S/C118H109N9O13Si3/c1-8-114(9-2)137-141(128-5,116-60-54-96(55-61-116)45-42-90-30-36-93(37-31-90)48-51-99-72-108(84-131-78-102-24-12-18-66-119-102)125-109(73-99)85-132-79-103-25-13-19-67-120-103)139-143(130-7,118-64-58-98(59-65-118)47-44-92-34-40-95(41-35-92)50-53-101-76-112(88-135-82-106-28-16-22-70-123-106)127-113(77-101)89-136-83-107-29-17-23-71-124-107)140-142(129-6,138-115(10-3)11-4)117-62-56-97(57-63-117)46-43-91-32-38-94(39-33-91)49-52-100-74-110(86-133-80-104-26-14-20-68-121-104)126-111(75-100)87-134-81-105-27-15-21-69-122-105/h12-41,54-77,114-115H,8-11,78-89H2,1-7H3. The lowest BCUT2D eigenvalue weighted by molar-refractivity contribution is 0.0387. The molecule has 15 aromatic rings. The highest BCUT2D eigenvalue weighted by molar-refractivity contribution is 6.93. The number of rotatable bonds is 42. The molecule has 6 aromatic carbocycles. The molecular formula is C118H109N9O13Si3. The van der Waals surface area contributed by atoms with E-state index in [2.05, 4.69) is 129 Å². The lowest BCUT2D eigenvalue weighted by Gasteiger charge is -2.43. The Morgan fingerprint density at radius 3 is 0.538 bits per heavy atom. The predicted octanol–water partition coefficient (Wildman–Crippen LogP) is 18.2. The van der Waals surface area contributed by atoms with E-state index in [1.807, 2.05) is 291 Å². The van der Waals surface area contributed by atoms with Gasteiger partial charge >= 0.3 is 26.4 Å². The Balaban J connectivity index is 0.704. The molecular weight excluding hydrogens is 1840 g/mol. The number of nitrogens with zero attached hydrogens (tertiary/aromatic N) is 9. The summed E-state index contributed by atoms with van der Waals surface area (Å²) in [6.07, 6.45) is 12.4. The Morgan fingerprint density at radius 1 is 0.203 bits per heavy atom. The first kappa shape index (κ1) is 103. The van der Waals surface area contributed by atoms with Crippen LogP contribution in [-0.4, -0.2) is 105 Å². The molecule has 25 heteroatoms. The molecule has 0 aliphatic rings. The molecule has 0 saturated carbocycles. The number of aromatic nitrogens is 9. The first-order valence-corrected chi connectivity index (χ1v) is 52.5. The Morgan fingerprint density at radius 2 is 0.371 bits per heavy atom. The average Bonchev–Trinajstić information content (AvgIpc) is 0.743. The molecule has 0 aliphatic carbocycles. The molecule has 0 fully saturated rings. The van der Waals surface area contributed by atoms with Crippen LogP contribution >= 0.6 is 0 Å². The van der Waals surface area contributed by atoms with E-state index in [4.69, 9.17) is 73.7 Å². The summed E-state index contributed by atoms with van der Waals surface area (Å²) in [5.74, 6) is 40.4. The van der Waals surface area contributed by atoms with Gasteiger partial charge in [0.15, 0.2) is 0 Å². The molecule has 2 unspecified atom stereocenters. The third-order valence-electron chi connectivity index (χ3n) is 22.4. The average molecular weight is 1950 g/mol. The van der Waals surface area contributed by atoms with Gasteiger partial charge in [-0.15, -0.1) is 0 Å². The first-order chi connectivity index (χ1) is 70.3. The van der Waals surface area contributed by atoms with E-state index in [-0.39, 0.29) is 51.8 Å². The highest BCUT2D eigenvalue weighted by atomic mass is 28.5. The molecule has 9 heterocycles. The summed E-state index contributed by atoms with van der Waals surface area (Å²) in [6, 6.07) is 92.9. The summed E-state index contributed by atoms with van der Waals surface area (Å²) in [6.45, 7) is 11.9. The normalized spacial score (nSPS) is 12.2. The van der Waals surface area contributed by atoms with E-state index in [1.165, 1.54) is 0 Å².